The predicted molar refractivity (Wildman–Crippen MR) is 118 cm³/mol. The number of aliphatic hydroxyl groups excluding tert-OH is 1. The monoisotopic (exact) mass is 441 g/mol. The molecule has 1 aromatic rings. The second-order valence-electron chi connectivity index (χ2n) is 7.80. The second kappa shape index (κ2) is 14.7. The average molecular weight is 442 g/mol. The van der Waals surface area contributed by atoms with Gasteiger partial charge in [0.2, 0.25) is 5.91 Å². The number of anilines is 1. The fraction of sp³-hybridized carbons (Fsp3) is 0.583. The summed E-state index contributed by atoms with van der Waals surface area (Å²) in [6.45, 7) is 2.22. The van der Waals surface area contributed by atoms with E-state index in [1.807, 2.05) is 0 Å². The Balaban J connectivity index is 2.22. The van der Waals surface area contributed by atoms with Crippen molar-refractivity contribution in [2.75, 3.05) is 5.32 Å². The van der Waals surface area contributed by atoms with Gasteiger partial charge in [-0.15, -0.1) is 0 Å². The molecule has 0 heterocycles. The zero-order valence-electron chi connectivity index (χ0n) is 18.3. The maximum absolute atomic E-state index is 12.2. The lowest BCUT2D eigenvalue weighted by atomic mass is 10.1. The average Bonchev–Trinajstić information content (AvgIpc) is 2.71. The lowest BCUT2D eigenvalue weighted by Gasteiger charge is -2.07. The van der Waals surface area contributed by atoms with Gasteiger partial charge in [-0.05, 0) is 30.7 Å². The number of alkyl halides is 3. The fourth-order valence-electron chi connectivity index (χ4n) is 3.19. The second-order valence-corrected chi connectivity index (χ2v) is 7.80. The van der Waals surface area contributed by atoms with Crippen molar-refractivity contribution < 1.29 is 27.9 Å². The number of carbonyl (C=O) groups excluding carboxylic acids is 2. The zero-order valence-corrected chi connectivity index (χ0v) is 18.3. The molecule has 0 bridgehead atoms. The Hall–Kier alpha value is -2.31. The molecule has 2 N–H and O–H groups in total. The van der Waals surface area contributed by atoms with Crippen molar-refractivity contribution in [3.8, 4) is 0 Å². The number of hydrogen-bond acceptors (Lipinski definition) is 3. The topological polar surface area (TPSA) is 66.4 Å². The SMILES string of the molecule is CCCCCCCCCCCCCC(=O)Nc1ccc(/C(O)=C/C(=O)C(F)(F)F)cc1. The van der Waals surface area contributed by atoms with Crippen LogP contribution < -0.4 is 5.32 Å². The Morgan fingerprint density at radius 3 is 1.84 bits per heavy atom. The van der Waals surface area contributed by atoms with E-state index in [0.29, 0.717) is 12.1 Å². The maximum atomic E-state index is 12.2. The Labute approximate surface area is 182 Å². The summed E-state index contributed by atoms with van der Waals surface area (Å²) in [5.74, 6) is -3.04. The van der Waals surface area contributed by atoms with Gasteiger partial charge in [-0.3, -0.25) is 9.59 Å². The molecular weight excluding hydrogens is 407 g/mol. The summed E-state index contributed by atoms with van der Waals surface area (Å²) in [6.07, 6.45) is 8.77. The molecule has 0 aliphatic rings. The minimum atomic E-state index is -5.03. The lowest BCUT2D eigenvalue weighted by molar-refractivity contribution is -0.165. The van der Waals surface area contributed by atoms with E-state index >= 15 is 0 Å². The van der Waals surface area contributed by atoms with Crippen LogP contribution in [0, 0.1) is 0 Å². The van der Waals surface area contributed by atoms with Crippen molar-refractivity contribution >= 4 is 23.1 Å². The molecule has 174 valence electrons. The summed E-state index contributed by atoms with van der Waals surface area (Å²) in [5, 5.41) is 12.4. The molecule has 7 heteroatoms. The molecule has 0 radical (unpaired) electrons. The molecule has 1 aromatic carbocycles. The van der Waals surface area contributed by atoms with Crippen LogP contribution in [0.1, 0.15) is 89.5 Å². The molecule has 0 aliphatic carbocycles. The van der Waals surface area contributed by atoms with Gasteiger partial charge < -0.3 is 10.4 Å². The Morgan fingerprint density at radius 2 is 1.35 bits per heavy atom. The number of aliphatic hydroxyl groups is 1. The van der Waals surface area contributed by atoms with E-state index in [0.717, 1.165) is 19.3 Å². The Morgan fingerprint density at radius 1 is 0.871 bits per heavy atom. The first-order valence-electron chi connectivity index (χ1n) is 11.2. The largest absolute Gasteiger partial charge is 0.507 e. The van der Waals surface area contributed by atoms with Gasteiger partial charge in [0, 0.05) is 23.7 Å². The van der Waals surface area contributed by atoms with E-state index in [1.165, 1.54) is 75.6 Å². The standard InChI is InChI=1S/C24H34F3NO3/c1-2-3-4-5-6-7-8-9-10-11-12-13-23(31)28-20-16-14-19(15-17-20)21(29)18-22(30)24(25,26)27/h14-18,29H,2-13H2,1H3,(H,28,31)/b21-18-. The number of ketones is 1. The van der Waals surface area contributed by atoms with Gasteiger partial charge in [-0.1, -0.05) is 71.1 Å². The zero-order chi connectivity index (χ0) is 23.1. The quantitative estimate of drug-likeness (QED) is 0.170. The summed E-state index contributed by atoms with van der Waals surface area (Å²) >= 11 is 0. The molecule has 0 saturated carbocycles. The van der Waals surface area contributed by atoms with Crippen molar-refractivity contribution in [1.82, 2.24) is 0 Å². The van der Waals surface area contributed by atoms with Gasteiger partial charge in [0.1, 0.15) is 5.76 Å². The first-order valence-corrected chi connectivity index (χ1v) is 11.2. The predicted octanol–water partition coefficient (Wildman–Crippen LogP) is 7.36. The highest BCUT2D eigenvalue weighted by Crippen LogP contribution is 2.21. The highest BCUT2D eigenvalue weighted by Gasteiger charge is 2.37. The van der Waals surface area contributed by atoms with Crippen LogP contribution in [0.15, 0.2) is 30.3 Å². The summed E-state index contributed by atoms with van der Waals surface area (Å²) in [5.41, 5.74) is 0.535. The Kier molecular flexibility index (Phi) is 12.6. The molecule has 0 aliphatic heterocycles. The van der Waals surface area contributed by atoms with Crippen molar-refractivity contribution in [3.05, 3.63) is 35.9 Å². The number of allylic oxidation sites excluding steroid dienone is 1. The molecular formula is C24H34F3NO3. The third-order valence-electron chi connectivity index (χ3n) is 5.02. The van der Waals surface area contributed by atoms with E-state index < -0.39 is 17.7 Å². The third kappa shape index (κ3) is 12.2. The lowest BCUT2D eigenvalue weighted by Crippen LogP contribution is -2.20. The fourth-order valence-corrected chi connectivity index (χ4v) is 3.19. The summed E-state index contributed by atoms with van der Waals surface area (Å²) in [6, 6.07) is 5.62. The van der Waals surface area contributed by atoms with Crippen molar-refractivity contribution in [2.45, 2.75) is 90.1 Å². The first kappa shape index (κ1) is 26.7. The summed E-state index contributed by atoms with van der Waals surface area (Å²) in [7, 11) is 0. The van der Waals surface area contributed by atoms with Gasteiger partial charge in [-0.2, -0.15) is 13.2 Å². The van der Waals surface area contributed by atoms with Crippen LogP contribution in [-0.4, -0.2) is 23.0 Å². The van der Waals surface area contributed by atoms with E-state index in [2.05, 4.69) is 12.2 Å². The van der Waals surface area contributed by atoms with Crippen LogP contribution in [0.2, 0.25) is 0 Å². The van der Waals surface area contributed by atoms with Crippen LogP contribution in [-0.2, 0) is 9.59 Å². The van der Waals surface area contributed by atoms with Crippen molar-refractivity contribution in [3.63, 3.8) is 0 Å². The molecule has 4 nitrogen and oxygen atoms in total. The number of nitrogens with one attached hydrogen (secondary N) is 1. The number of rotatable bonds is 15. The summed E-state index contributed by atoms with van der Waals surface area (Å²) < 4.78 is 36.7. The smallest absolute Gasteiger partial charge is 0.454 e. The number of halogens is 3. The van der Waals surface area contributed by atoms with Crippen molar-refractivity contribution in [2.24, 2.45) is 0 Å². The van der Waals surface area contributed by atoms with E-state index in [1.54, 1.807) is 0 Å². The molecule has 0 aromatic heterocycles. The summed E-state index contributed by atoms with van der Waals surface area (Å²) in [4.78, 5) is 22.9. The van der Waals surface area contributed by atoms with Gasteiger partial charge in [0.05, 0.1) is 0 Å². The maximum Gasteiger partial charge on any atom is 0.454 e. The van der Waals surface area contributed by atoms with Crippen LogP contribution in [0.5, 0.6) is 0 Å². The molecule has 0 spiro atoms. The van der Waals surface area contributed by atoms with Crippen LogP contribution in [0.3, 0.4) is 0 Å². The number of unbranched alkanes of at least 4 members (excludes halogenated alkanes) is 10. The normalized spacial score (nSPS) is 12.1. The molecule has 0 atom stereocenters. The van der Waals surface area contributed by atoms with Crippen LogP contribution in [0.25, 0.3) is 5.76 Å². The first-order chi connectivity index (χ1) is 14.7. The minimum absolute atomic E-state index is 0.0564. The van der Waals surface area contributed by atoms with Gasteiger partial charge in [-0.25, -0.2) is 0 Å². The van der Waals surface area contributed by atoms with Crippen LogP contribution in [0.4, 0.5) is 18.9 Å². The van der Waals surface area contributed by atoms with E-state index in [4.69, 9.17) is 0 Å². The third-order valence-corrected chi connectivity index (χ3v) is 5.02. The molecule has 0 fully saturated rings. The number of benzene rings is 1. The minimum Gasteiger partial charge on any atom is -0.507 e. The van der Waals surface area contributed by atoms with Gasteiger partial charge >= 0.3 is 6.18 Å². The van der Waals surface area contributed by atoms with Crippen LogP contribution >= 0.6 is 0 Å². The highest BCUT2D eigenvalue weighted by atomic mass is 19.4. The Bertz CT molecular complexity index is 697. The molecule has 0 saturated heterocycles. The number of carbonyl (C=O) groups is 2. The van der Waals surface area contributed by atoms with Crippen molar-refractivity contribution in [1.29, 1.82) is 0 Å². The molecule has 31 heavy (non-hydrogen) atoms. The molecule has 1 amide bonds. The van der Waals surface area contributed by atoms with E-state index in [-0.39, 0.29) is 17.5 Å². The van der Waals surface area contributed by atoms with E-state index in [9.17, 15) is 27.9 Å². The number of amides is 1. The highest BCUT2D eigenvalue weighted by molar-refractivity contribution is 5.99. The number of hydrogen-bond donors (Lipinski definition) is 2. The van der Waals surface area contributed by atoms with Gasteiger partial charge in [0.15, 0.2) is 0 Å². The molecule has 0 unspecified atom stereocenters. The van der Waals surface area contributed by atoms with Gasteiger partial charge in [0.25, 0.3) is 5.78 Å². The molecule has 1 rings (SSSR count).